The van der Waals surface area contributed by atoms with Crippen LogP contribution >= 0.6 is 0 Å². The molecule has 1 atom stereocenters. The molecular formula is C15H21FN2O2. The number of benzene rings is 1. The van der Waals surface area contributed by atoms with E-state index in [0.717, 1.165) is 12.8 Å². The Kier molecular flexibility index (Phi) is 5.09. The minimum Gasteiger partial charge on any atom is -0.385 e. The van der Waals surface area contributed by atoms with Gasteiger partial charge < -0.3 is 15.4 Å². The van der Waals surface area contributed by atoms with Gasteiger partial charge in [-0.1, -0.05) is 18.2 Å². The second-order valence-corrected chi connectivity index (χ2v) is 5.18. The van der Waals surface area contributed by atoms with Crippen LogP contribution in [0, 0.1) is 5.82 Å². The number of methoxy groups -OCH3 is 1. The molecule has 20 heavy (non-hydrogen) atoms. The first kappa shape index (κ1) is 14.9. The molecule has 0 radical (unpaired) electrons. The van der Waals surface area contributed by atoms with Crippen LogP contribution in [0.5, 0.6) is 0 Å². The summed E-state index contributed by atoms with van der Waals surface area (Å²) < 4.78 is 18.7. The fourth-order valence-corrected chi connectivity index (χ4v) is 2.16. The van der Waals surface area contributed by atoms with E-state index in [1.165, 1.54) is 6.07 Å². The molecule has 1 aliphatic rings. The summed E-state index contributed by atoms with van der Waals surface area (Å²) in [6.07, 6.45) is 2.42. The van der Waals surface area contributed by atoms with Gasteiger partial charge in [0.05, 0.1) is 6.04 Å². The van der Waals surface area contributed by atoms with Crippen LogP contribution in [0.3, 0.4) is 0 Å². The Balaban J connectivity index is 2.04. The molecule has 0 heterocycles. The number of nitrogens with two attached hydrogens (primary N) is 1. The van der Waals surface area contributed by atoms with Crippen molar-refractivity contribution < 1.29 is 13.9 Å². The van der Waals surface area contributed by atoms with E-state index in [4.69, 9.17) is 10.5 Å². The smallest absolute Gasteiger partial charge is 0.240 e. The van der Waals surface area contributed by atoms with Crippen molar-refractivity contribution in [1.82, 2.24) is 4.90 Å². The van der Waals surface area contributed by atoms with Crippen LogP contribution in [0.15, 0.2) is 24.3 Å². The van der Waals surface area contributed by atoms with Crippen LogP contribution in [-0.2, 0) is 16.1 Å². The molecule has 110 valence electrons. The van der Waals surface area contributed by atoms with Gasteiger partial charge in [-0.15, -0.1) is 0 Å². The lowest BCUT2D eigenvalue weighted by atomic mass is 10.1. The molecule has 1 unspecified atom stereocenters. The highest BCUT2D eigenvalue weighted by molar-refractivity contribution is 5.82. The van der Waals surface area contributed by atoms with Crippen molar-refractivity contribution in [3.05, 3.63) is 35.6 Å². The van der Waals surface area contributed by atoms with E-state index >= 15 is 0 Å². The Morgan fingerprint density at radius 3 is 2.80 bits per heavy atom. The van der Waals surface area contributed by atoms with Crippen LogP contribution in [0.1, 0.15) is 24.8 Å². The summed E-state index contributed by atoms with van der Waals surface area (Å²) in [5, 5.41) is 0. The van der Waals surface area contributed by atoms with E-state index in [9.17, 15) is 9.18 Å². The fourth-order valence-electron chi connectivity index (χ4n) is 2.16. The van der Waals surface area contributed by atoms with Gasteiger partial charge >= 0.3 is 0 Å². The van der Waals surface area contributed by atoms with E-state index in [1.54, 1.807) is 30.2 Å². The number of carbonyl (C=O) groups is 1. The van der Waals surface area contributed by atoms with E-state index < -0.39 is 6.04 Å². The average molecular weight is 280 g/mol. The fraction of sp³-hybridized carbons (Fsp3) is 0.533. The van der Waals surface area contributed by atoms with Crippen LogP contribution in [0.4, 0.5) is 4.39 Å². The summed E-state index contributed by atoms with van der Waals surface area (Å²) in [5.41, 5.74) is 6.43. The number of ether oxygens (including phenoxy) is 1. The van der Waals surface area contributed by atoms with Gasteiger partial charge in [-0.25, -0.2) is 4.39 Å². The van der Waals surface area contributed by atoms with E-state index in [1.807, 2.05) is 0 Å². The molecule has 1 fully saturated rings. The van der Waals surface area contributed by atoms with Crippen LogP contribution in [0.2, 0.25) is 0 Å². The van der Waals surface area contributed by atoms with Crippen molar-refractivity contribution in [1.29, 1.82) is 0 Å². The molecule has 0 saturated heterocycles. The van der Waals surface area contributed by atoms with Gasteiger partial charge in [0.1, 0.15) is 5.82 Å². The maximum absolute atomic E-state index is 13.7. The molecule has 2 N–H and O–H groups in total. The monoisotopic (exact) mass is 280 g/mol. The molecule has 1 aromatic rings. The molecule has 4 nitrogen and oxygen atoms in total. The Morgan fingerprint density at radius 1 is 1.50 bits per heavy atom. The minimum absolute atomic E-state index is 0.118. The van der Waals surface area contributed by atoms with Gasteiger partial charge in [0.25, 0.3) is 0 Å². The first-order valence-corrected chi connectivity index (χ1v) is 6.92. The molecular weight excluding hydrogens is 259 g/mol. The topological polar surface area (TPSA) is 55.6 Å². The molecule has 1 aliphatic carbocycles. The standard InChI is InChI=1S/C15H21FN2O2/c1-20-9-8-14(17)15(19)18(12-6-7-12)10-11-4-2-3-5-13(11)16/h2-5,12,14H,6-10,17H2,1H3. The molecule has 0 bridgehead atoms. The van der Waals surface area contributed by atoms with Crippen LogP contribution < -0.4 is 5.73 Å². The third-order valence-corrected chi connectivity index (χ3v) is 3.52. The number of hydrogen-bond donors (Lipinski definition) is 1. The molecule has 1 saturated carbocycles. The number of amides is 1. The summed E-state index contributed by atoms with van der Waals surface area (Å²) in [6.45, 7) is 0.738. The molecule has 5 heteroatoms. The first-order valence-electron chi connectivity index (χ1n) is 6.92. The Morgan fingerprint density at radius 2 is 2.20 bits per heavy atom. The Bertz CT molecular complexity index is 463. The number of rotatable bonds is 7. The lowest BCUT2D eigenvalue weighted by molar-refractivity contribution is -0.134. The van der Waals surface area contributed by atoms with Crippen molar-refractivity contribution in [2.45, 2.75) is 37.9 Å². The molecule has 1 amide bonds. The van der Waals surface area contributed by atoms with Crippen LogP contribution in [-0.4, -0.2) is 36.6 Å². The zero-order chi connectivity index (χ0) is 14.5. The Labute approximate surface area is 118 Å². The third-order valence-electron chi connectivity index (χ3n) is 3.52. The molecule has 0 aliphatic heterocycles. The number of nitrogens with zero attached hydrogens (tertiary/aromatic N) is 1. The van der Waals surface area contributed by atoms with Crippen molar-refractivity contribution >= 4 is 5.91 Å². The lowest BCUT2D eigenvalue weighted by Gasteiger charge is -2.26. The lowest BCUT2D eigenvalue weighted by Crippen LogP contribution is -2.45. The highest BCUT2D eigenvalue weighted by Crippen LogP contribution is 2.29. The van der Waals surface area contributed by atoms with Gasteiger partial charge in [-0.3, -0.25) is 4.79 Å². The van der Waals surface area contributed by atoms with Crippen molar-refractivity contribution in [3.63, 3.8) is 0 Å². The summed E-state index contributed by atoms with van der Waals surface area (Å²) >= 11 is 0. The zero-order valence-electron chi connectivity index (χ0n) is 11.7. The summed E-state index contributed by atoms with van der Waals surface area (Å²) in [6, 6.07) is 6.16. The molecule has 1 aromatic carbocycles. The van der Waals surface area contributed by atoms with Gasteiger partial charge in [0.2, 0.25) is 5.91 Å². The predicted molar refractivity (Wildman–Crippen MR) is 74.4 cm³/mol. The summed E-state index contributed by atoms with van der Waals surface area (Å²) in [5.74, 6) is -0.399. The second kappa shape index (κ2) is 6.81. The Hall–Kier alpha value is -1.46. The van der Waals surface area contributed by atoms with E-state index in [-0.39, 0.29) is 24.3 Å². The number of carbonyl (C=O) groups excluding carboxylic acids is 1. The molecule has 0 aromatic heterocycles. The zero-order valence-corrected chi connectivity index (χ0v) is 11.7. The number of hydrogen-bond acceptors (Lipinski definition) is 3. The van der Waals surface area contributed by atoms with Gasteiger partial charge in [0.15, 0.2) is 0 Å². The van der Waals surface area contributed by atoms with Crippen molar-refractivity contribution in [2.24, 2.45) is 5.73 Å². The summed E-state index contributed by atoms with van der Waals surface area (Å²) in [4.78, 5) is 14.1. The maximum atomic E-state index is 13.7. The van der Waals surface area contributed by atoms with Gasteiger partial charge in [-0.2, -0.15) is 0 Å². The minimum atomic E-state index is -0.581. The molecule has 2 rings (SSSR count). The van der Waals surface area contributed by atoms with Crippen LogP contribution in [0.25, 0.3) is 0 Å². The largest absolute Gasteiger partial charge is 0.385 e. The third kappa shape index (κ3) is 3.77. The number of halogens is 1. The molecule has 0 spiro atoms. The van der Waals surface area contributed by atoms with E-state index in [0.29, 0.717) is 18.6 Å². The first-order chi connectivity index (χ1) is 9.63. The normalized spacial score (nSPS) is 15.9. The summed E-state index contributed by atoms with van der Waals surface area (Å²) in [7, 11) is 1.58. The van der Waals surface area contributed by atoms with Gasteiger partial charge in [-0.05, 0) is 25.3 Å². The quantitative estimate of drug-likeness (QED) is 0.826. The van der Waals surface area contributed by atoms with E-state index in [2.05, 4.69) is 0 Å². The highest BCUT2D eigenvalue weighted by Gasteiger charge is 2.34. The van der Waals surface area contributed by atoms with Crippen molar-refractivity contribution in [3.8, 4) is 0 Å². The van der Waals surface area contributed by atoms with Gasteiger partial charge in [0, 0.05) is 31.9 Å². The SMILES string of the molecule is COCCC(N)C(=O)N(Cc1ccccc1F)C1CC1. The van der Waals surface area contributed by atoms with Crippen molar-refractivity contribution in [2.75, 3.05) is 13.7 Å². The second-order valence-electron chi connectivity index (χ2n) is 5.18. The average Bonchev–Trinajstić information content (AvgIpc) is 3.27. The maximum Gasteiger partial charge on any atom is 0.240 e. The predicted octanol–water partition coefficient (Wildman–Crippen LogP) is 1.68. The highest BCUT2D eigenvalue weighted by atomic mass is 19.1.